The Morgan fingerprint density at radius 2 is 1.83 bits per heavy atom. The van der Waals surface area contributed by atoms with Crippen molar-refractivity contribution in [3.8, 4) is 6.07 Å². The number of benzene rings is 1. The lowest BCUT2D eigenvalue weighted by molar-refractivity contribution is -0.120. The van der Waals surface area contributed by atoms with E-state index >= 15 is 0 Å². The average molecular weight is 347 g/mol. The molecular weight excluding hydrogens is 326 g/mol. The standard InChI is InChI=1S/C17H21N3O3S/c1-24(22,23)20-10-6-13(7-11-20)16(21)19-15-4-2-14(3-5-15)17(12-18)8-9-17/h2-5,13H,6-11H2,1H3,(H,19,21). The van der Waals surface area contributed by atoms with Gasteiger partial charge < -0.3 is 5.32 Å². The van der Waals surface area contributed by atoms with E-state index in [1.165, 1.54) is 10.6 Å². The van der Waals surface area contributed by atoms with Gasteiger partial charge in [-0.05, 0) is 43.4 Å². The van der Waals surface area contributed by atoms with Crippen LogP contribution in [-0.2, 0) is 20.2 Å². The molecular formula is C17H21N3O3S. The third-order valence-corrected chi connectivity index (χ3v) is 6.27. The van der Waals surface area contributed by atoms with Gasteiger partial charge in [-0.2, -0.15) is 5.26 Å². The first-order chi connectivity index (χ1) is 11.3. The van der Waals surface area contributed by atoms with Gasteiger partial charge in [-0.1, -0.05) is 12.1 Å². The molecule has 0 unspecified atom stereocenters. The Labute approximate surface area is 142 Å². The number of sulfonamides is 1. The van der Waals surface area contributed by atoms with Crippen LogP contribution in [0.3, 0.4) is 0 Å². The first-order valence-electron chi connectivity index (χ1n) is 8.12. The van der Waals surface area contributed by atoms with Gasteiger partial charge in [0.2, 0.25) is 15.9 Å². The number of rotatable bonds is 4. The number of carbonyl (C=O) groups is 1. The molecule has 2 fully saturated rings. The fourth-order valence-electron chi connectivity index (χ4n) is 3.16. The van der Waals surface area contributed by atoms with E-state index < -0.39 is 10.0 Å². The average Bonchev–Trinajstić information content (AvgIpc) is 3.36. The number of nitriles is 1. The number of anilines is 1. The zero-order chi connectivity index (χ0) is 17.4. The van der Waals surface area contributed by atoms with Crippen molar-refractivity contribution in [2.24, 2.45) is 5.92 Å². The van der Waals surface area contributed by atoms with Gasteiger partial charge in [-0.15, -0.1) is 0 Å². The van der Waals surface area contributed by atoms with Crippen molar-refractivity contribution < 1.29 is 13.2 Å². The Morgan fingerprint density at radius 1 is 1.25 bits per heavy atom. The molecule has 3 rings (SSSR count). The van der Waals surface area contributed by atoms with Crippen LogP contribution in [0.5, 0.6) is 0 Å². The van der Waals surface area contributed by atoms with E-state index in [1.54, 1.807) is 0 Å². The lowest BCUT2D eigenvalue weighted by Gasteiger charge is -2.29. The van der Waals surface area contributed by atoms with Gasteiger partial charge in [-0.3, -0.25) is 4.79 Å². The predicted octanol–water partition coefficient (Wildman–Crippen LogP) is 1.85. The Kier molecular flexibility index (Phi) is 4.37. The minimum Gasteiger partial charge on any atom is -0.326 e. The highest BCUT2D eigenvalue weighted by molar-refractivity contribution is 7.88. The van der Waals surface area contributed by atoms with Crippen molar-refractivity contribution in [3.63, 3.8) is 0 Å². The van der Waals surface area contributed by atoms with Gasteiger partial charge in [0.15, 0.2) is 0 Å². The summed E-state index contributed by atoms with van der Waals surface area (Å²) in [6.45, 7) is 0.779. The zero-order valence-electron chi connectivity index (χ0n) is 13.7. The quantitative estimate of drug-likeness (QED) is 0.900. The van der Waals surface area contributed by atoms with E-state index in [0.717, 1.165) is 18.4 Å². The van der Waals surface area contributed by atoms with Crippen molar-refractivity contribution in [2.75, 3.05) is 24.7 Å². The monoisotopic (exact) mass is 347 g/mol. The summed E-state index contributed by atoms with van der Waals surface area (Å²) in [6.07, 6.45) is 4.06. The molecule has 1 saturated carbocycles. The van der Waals surface area contributed by atoms with Crippen molar-refractivity contribution >= 4 is 21.6 Å². The lowest BCUT2D eigenvalue weighted by atomic mass is 9.96. The van der Waals surface area contributed by atoms with Crippen LogP contribution in [0.2, 0.25) is 0 Å². The zero-order valence-corrected chi connectivity index (χ0v) is 14.5. The van der Waals surface area contributed by atoms with Gasteiger partial charge in [0.25, 0.3) is 0 Å². The molecule has 1 amide bonds. The molecule has 6 nitrogen and oxygen atoms in total. The molecule has 128 valence electrons. The van der Waals surface area contributed by atoms with Gasteiger partial charge in [0, 0.05) is 24.7 Å². The number of nitrogens with one attached hydrogen (secondary N) is 1. The maximum absolute atomic E-state index is 12.3. The van der Waals surface area contributed by atoms with Crippen LogP contribution >= 0.6 is 0 Å². The molecule has 0 aromatic heterocycles. The highest BCUT2D eigenvalue weighted by atomic mass is 32.2. The molecule has 0 spiro atoms. The third-order valence-electron chi connectivity index (χ3n) is 4.96. The molecule has 0 bridgehead atoms. The molecule has 1 aromatic carbocycles. The van der Waals surface area contributed by atoms with Crippen LogP contribution in [0.15, 0.2) is 24.3 Å². The number of amides is 1. The molecule has 0 radical (unpaired) electrons. The van der Waals surface area contributed by atoms with Crippen LogP contribution in [0.1, 0.15) is 31.2 Å². The Morgan fingerprint density at radius 3 is 2.29 bits per heavy atom. The van der Waals surface area contributed by atoms with E-state index in [1.807, 2.05) is 24.3 Å². The number of hydrogen-bond donors (Lipinski definition) is 1. The first kappa shape index (κ1) is 16.9. The first-order valence-corrected chi connectivity index (χ1v) is 9.97. The summed E-state index contributed by atoms with van der Waals surface area (Å²) in [7, 11) is -3.17. The summed E-state index contributed by atoms with van der Waals surface area (Å²) >= 11 is 0. The SMILES string of the molecule is CS(=O)(=O)N1CCC(C(=O)Nc2ccc(C3(C#N)CC3)cc2)CC1. The second-order valence-electron chi connectivity index (χ2n) is 6.70. The molecule has 1 aromatic rings. The second kappa shape index (κ2) is 6.19. The third kappa shape index (κ3) is 3.45. The maximum Gasteiger partial charge on any atom is 0.227 e. The van der Waals surface area contributed by atoms with Gasteiger partial charge in [0.05, 0.1) is 17.7 Å². The molecule has 24 heavy (non-hydrogen) atoms. The fraction of sp³-hybridized carbons (Fsp3) is 0.529. The van der Waals surface area contributed by atoms with Gasteiger partial charge in [-0.25, -0.2) is 12.7 Å². The van der Waals surface area contributed by atoms with Crippen LogP contribution < -0.4 is 5.32 Å². The van der Waals surface area contributed by atoms with Crippen LogP contribution in [0.4, 0.5) is 5.69 Å². The Balaban J connectivity index is 1.57. The summed E-state index contributed by atoms with van der Waals surface area (Å²) in [5, 5.41) is 12.1. The normalized spacial score (nSPS) is 21.0. The minimum atomic E-state index is -3.17. The van der Waals surface area contributed by atoms with Crippen LogP contribution in [0, 0.1) is 17.2 Å². The minimum absolute atomic E-state index is 0.0719. The molecule has 1 N–H and O–H groups in total. The summed E-state index contributed by atoms with van der Waals surface area (Å²) in [6, 6.07) is 9.82. The smallest absolute Gasteiger partial charge is 0.227 e. The van der Waals surface area contributed by atoms with Crippen molar-refractivity contribution in [2.45, 2.75) is 31.1 Å². The van der Waals surface area contributed by atoms with Crippen molar-refractivity contribution in [1.82, 2.24) is 4.31 Å². The van der Waals surface area contributed by atoms with E-state index in [9.17, 15) is 18.5 Å². The van der Waals surface area contributed by atoms with E-state index in [4.69, 9.17) is 0 Å². The summed E-state index contributed by atoms with van der Waals surface area (Å²) in [4.78, 5) is 12.3. The van der Waals surface area contributed by atoms with Crippen LogP contribution in [-0.4, -0.2) is 38.0 Å². The summed E-state index contributed by atoms with van der Waals surface area (Å²) in [5.74, 6) is -0.242. The number of nitrogens with zero attached hydrogens (tertiary/aromatic N) is 2. The lowest BCUT2D eigenvalue weighted by Crippen LogP contribution is -2.40. The highest BCUT2D eigenvalue weighted by Crippen LogP contribution is 2.47. The Bertz CT molecular complexity index is 768. The topological polar surface area (TPSA) is 90.3 Å². The van der Waals surface area contributed by atoms with Gasteiger partial charge in [0.1, 0.15) is 0 Å². The van der Waals surface area contributed by atoms with Crippen molar-refractivity contribution in [3.05, 3.63) is 29.8 Å². The largest absolute Gasteiger partial charge is 0.326 e. The number of piperidine rings is 1. The highest BCUT2D eigenvalue weighted by Gasteiger charge is 2.44. The molecule has 0 atom stereocenters. The predicted molar refractivity (Wildman–Crippen MR) is 90.7 cm³/mol. The Hall–Kier alpha value is -1.91. The molecule has 1 aliphatic heterocycles. The fourth-order valence-corrected chi connectivity index (χ4v) is 4.03. The maximum atomic E-state index is 12.3. The van der Waals surface area contributed by atoms with Crippen LogP contribution in [0.25, 0.3) is 0 Å². The van der Waals surface area contributed by atoms with E-state index in [-0.39, 0.29) is 17.2 Å². The van der Waals surface area contributed by atoms with E-state index in [0.29, 0.717) is 31.6 Å². The molecule has 2 aliphatic rings. The number of carbonyl (C=O) groups excluding carboxylic acids is 1. The number of hydrogen-bond acceptors (Lipinski definition) is 4. The molecule has 1 heterocycles. The van der Waals surface area contributed by atoms with E-state index in [2.05, 4.69) is 11.4 Å². The summed E-state index contributed by atoms with van der Waals surface area (Å²) < 4.78 is 24.4. The molecule has 7 heteroatoms. The molecule has 1 saturated heterocycles. The van der Waals surface area contributed by atoms with Gasteiger partial charge >= 0.3 is 0 Å². The second-order valence-corrected chi connectivity index (χ2v) is 8.68. The summed E-state index contributed by atoms with van der Waals surface area (Å²) in [5.41, 5.74) is 1.40. The molecule has 1 aliphatic carbocycles. The van der Waals surface area contributed by atoms with Crippen molar-refractivity contribution in [1.29, 1.82) is 5.26 Å².